The Balaban J connectivity index is 1.47. The zero-order valence-corrected chi connectivity index (χ0v) is 15.3. The maximum absolute atomic E-state index is 4.80. The van der Waals surface area contributed by atoms with Crippen LogP contribution in [0.15, 0.2) is 30.9 Å². The monoisotopic (exact) mass is 352 g/mol. The summed E-state index contributed by atoms with van der Waals surface area (Å²) in [6, 6.07) is 2.49. The lowest BCUT2D eigenvalue weighted by atomic mass is 9.87. The van der Waals surface area contributed by atoms with Gasteiger partial charge in [-0.05, 0) is 44.2 Å². The minimum atomic E-state index is 0.413. The summed E-state index contributed by atoms with van der Waals surface area (Å²) in [5.74, 6) is 2.14. The average Bonchev–Trinajstić information content (AvgIpc) is 2.70. The van der Waals surface area contributed by atoms with Gasteiger partial charge in [0.1, 0.15) is 0 Å². The van der Waals surface area contributed by atoms with Gasteiger partial charge >= 0.3 is 0 Å². The first-order valence-corrected chi connectivity index (χ1v) is 9.98. The van der Waals surface area contributed by atoms with Gasteiger partial charge in [0.15, 0.2) is 5.82 Å². The number of nitrogens with zero attached hydrogens (tertiary/aromatic N) is 5. The third-order valence-corrected chi connectivity index (χ3v) is 5.65. The van der Waals surface area contributed by atoms with E-state index < -0.39 is 0 Å². The summed E-state index contributed by atoms with van der Waals surface area (Å²) in [5, 5.41) is 3.17. The van der Waals surface area contributed by atoms with Crippen LogP contribution in [0, 0.1) is 5.92 Å². The van der Waals surface area contributed by atoms with Crippen LogP contribution >= 0.6 is 0 Å². The van der Waals surface area contributed by atoms with E-state index in [0.29, 0.717) is 17.8 Å². The molecular formula is C20H28N6. The average molecular weight is 352 g/mol. The molecule has 26 heavy (non-hydrogen) atoms. The highest BCUT2D eigenvalue weighted by Crippen LogP contribution is 2.33. The summed E-state index contributed by atoms with van der Waals surface area (Å²) in [5.41, 5.74) is 1.13. The van der Waals surface area contributed by atoms with Crippen LogP contribution in [-0.4, -0.2) is 37.9 Å². The zero-order chi connectivity index (χ0) is 17.6. The molecule has 0 aromatic carbocycles. The lowest BCUT2D eigenvalue weighted by molar-refractivity contribution is 0.110. The van der Waals surface area contributed by atoms with Crippen molar-refractivity contribution in [3.63, 3.8) is 0 Å². The SMILES string of the molecule is c1cnc(Nc2nccc([C@H]3CCCCN3CC3CCCCC3)n2)cn1. The van der Waals surface area contributed by atoms with E-state index in [4.69, 9.17) is 4.98 Å². The highest BCUT2D eigenvalue weighted by Gasteiger charge is 2.28. The molecule has 1 saturated heterocycles. The van der Waals surface area contributed by atoms with E-state index in [0.717, 1.165) is 11.6 Å². The van der Waals surface area contributed by atoms with Gasteiger partial charge in [-0.15, -0.1) is 0 Å². The smallest absolute Gasteiger partial charge is 0.228 e. The third kappa shape index (κ3) is 4.36. The third-order valence-electron chi connectivity index (χ3n) is 5.65. The molecule has 1 aliphatic carbocycles. The van der Waals surface area contributed by atoms with Crippen molar-refractivity contribution in [2.24, 2.45) is 5.92 Å². The van der Waals surface area contributed by atoms with Crippen LogP contribution in [0.4, 0.5) is 11.8 Å². The summed E-state index contributed by atoms with van der Waals surface area (Å²) in [6.45, 7) is 2.42. The first-order valence-electron chi connectivity index (χ1n) is 9.98. The largest absolute Gasteiger partial charge is 0.307 e. The van der Waals surface area contributed by atoms with Gasteiger partial charge in [0.05, 0.1) is 17.9 Å². The fourth-order valence-corrected chi connectivity index (χ4v) is 4.34. The van der Waals surface area contributed by atoms with Gasteiger partial charge in [0.2, 0.25) is 5.95 Å². The standard InChI is InChI=1S/C20H28N6/c1-2-6-16(7-3-1)15-26-13-5-4-8-18(26)17-9-10-23-20(24-17)25-19-14-21-11-12-22-19/h9-12,14,16,18H,1-8,13,15H2,(H,22,23,24,25)/t18-/m1/s1. The van der Waals surface area contributed by atoms with Crippen molar-refractivity contribution in [3.8, 4) is 0 Å². The first kappa shape index (κ1) is 17.3. The predicted molar refractivity (Wildman–Crippen MR) is 102 cm³/mol. The molecule has 0 bridgehead atoms. The molecule has 2 fully saturated rings. The van der Waals surface area contributed by atoms with E-state index in [1.807, 2.05) is 6.20 Å². The van der Waals surface area contributed by atoms with E-state index in [1.165, 1.54) is 64.5 Å². The van der Waals surface area contributed by atoms with Crippen molar-refractivity contribution >= 4 is 11.8 Å². The van der Waals surface area contributed by atoms with Crippen LogP contribution in [0.3, 0.4) is 0 Å². The molecule has 0 radical (unpaired) electrons. The van der Waals surface area contributed by atoms with E-state index >= 15 is 0 Å². The first-order chi connectivity index (χ1) is 12.9. The Bertz CT molecular complexity index is 686. The molecule has 1 aliphatic heterocycles. The second-order valence-corrected chi connectivity index (χ2v) is 7.53. The fourth-order valence-electron chi connectivity index (χ4n) is 4.34. The lowest BCUT2D eigenvalue weighted by Gasteiger charge is -2.38. The van der Waals surface area contributed by atoms with Crippen molar-refractivity contribution in [3.05, 3.63) is 36.5 Å². The number of hydrogen-bond acceptors (Lipinski definition) is 6. The van der Waals surface area contributed by atoms with Crippen LogP contribution in [0.1, 0.15) is 63.1 Å². The van der Waals surface area contributed by atoms with Crippen molar-refractivity contribution in [1.29, 1.82) is 0 Å². The normalized spacial score (nSPS) is 22.2. The maximum atomic E-state index is 4.80. The second kappa shape index (κ2) is 8.54. The topological polar surface area (TPSA) is 66.8 Å². The molecule has 1 N–H and O–H groups in total. The van der Waals surface area contributed by atoms with Crippen molar-refractivity contribution in [2.45, 2.75) is 57.4 Å². The van der Waals surface area contributed by atoms with Gasteiger partial charge in [-0.1, -0.05) is 25.7 Å². The Hall–Kier alpha value is -2.08. The summed E-state index contributed by atoms with van der Waals surface area (Å²) < 4.78 is 0. The molecule has 0 unspecified atom stereocenters. The predicted octanol–water partition coefficient (Wildman–Crippen LogP) is 4.12. The summed E-state index contributed by atoms with van der Waals surface area (Å²) in [4.78, 5) is 20.2. The van der Waals surface area contributed by atoms with Crippen LogP contribution < -0.4 is 5.32 Å². The van der Waals surface area contributed by atoms with Crippen molar-refractivity contribution < 1.29 is 0 Å². The Morgan fingerprint density at radius 3 is 2.69 bits per heavy atom. The van der Waals surface area contributed by atoms with E-state index in [2.05, 4.69) is 31.2 Å². The second-order valence-electron chi connectivity index (χ2n) is 7.53. The van der Waals surface area contributed by atoms with Gasteiger partial charge in [-0.3, -0.25) is 9.88 Å². The molecule has 3 heterocycles. The molecule has 1 saturated carbocycles. The number of rotatable bonds is 5. The van der Waals surface area contributed by atoms with Crippen LogP contribution in [0.2, 0.25) is 0 Å². The molecule has 2 aromatic rings. The highest BCUT2D eigenvalue weighted by molar-refractivity contribution is 5.45. The lowest BCUT2D eigenvalue weighted by Crippen LogP contribution is -2.38. The molecule has 4 rings (SSSR count). The molecular weight excluding hydrogens is 324 g/mol. The maximum Gasteiger partial charge on any atom is 0.228 e. The summed E-state index contributed by atoms with van der Waals surface area (Å²) in [7, 11) is 0. The van der Waals surface area contributed by atoms with Crippen LogP contribution in [0.5, 0.6) is 0 Å². The van der Waals surface area contributed by atoms with Crippen LogP contribution in [-0.2, 0) is 0 Å². The Labute approximate surface area is 155 Å². The number of piperidine rings is 1. The van der Waals surface area contributed by atoms with Gasteiger partial charge < -0.3 is 5.32 Å². The number of anilines is 2. The van der Waals surface area contributed by atoms with Gasteiger partial charge in [0.25, 0.3) is 0 Å². The highest BCUT2D eigenvalue weighted by atomic mass is 15.2. The van der Waals surface area contributed by atoms with Crippen molar-refractivity contribution in [1.82, 2.24) is 24.8 Å². The number of likely N-dealkylation sites (tertiary alicyclic amines) is 1. The Morgan fingerprint density at radius 2 is 1.85 bits per heavy atom. The quantitative estimate of drug-likeness (QED) is 0.873. The fraction of sp³-hybridized carbons (Fsp3) is 0.600. The van der Waals surface area contributed by atoms with Crippen LogP contribution in [0.25, 0.3) is 0 Å². The number of hydrogen-bond donors (Lipinski definition) is 1. The molecule has 0 spiro atoms. The van der Waals surface area contributed by atoms with E-state index in [1.54, 1.807) is 18.6 Å². The summed E-state index contributed by atoms with van der Waals surface area (Å²) >= 11 is 0. The minimum absolute atomic E-state index is 0.413. The van der Waals surface area contributed by atoms with Gasteiger partial charge in [-0.2, -0.15) is 0 Å². The minimum Gasteiger partial charge on any atom is -0.307 e. The van der Waals surface area contributed by atoms with Crippen molar-refractivity contribution in [2.75, 3.05) is 18.4 Å². The summed E-state index contributed by atoms with van der Waals surface area (Å²) in [6.07, 6.45) is 17.7. The molecule has 1 atom stereocenters. The molecule has 6 heteroatoms. The molecule has 138 valence electrons. The van der Waals surface area contributed by atoms with Gasteiger partial charge in [-0.25, -0.2) is 15.0 Å². The van der Waals surface area contributed by atoms with Gasteiger partial charge in [0, 0.05) is 25.1 Å². The number of aromatic nitrogens is 4. The molecule has 6 nitrogen and oxygen atoms in total. The van der Waals surface area contributed by atoms with E-state index in [9.17, 15) is 0 Å². The molecule has 2 aromatic heterocycles. The Morgan fingerprint density at radius 1 is 0.962 bits per heavy atom. The Kier molecular flexibility index (Phi) is 5.69. The molecule has 0 amide bonds. The molecule has 2 aliphatic rings. The van der Waals surface area contributed by atoms with E-state index in [-0.39, 0.29) is 0 Å². The number of nitrogens with one attached hydrogen (secondary N) is 1. The zero-order valence-electron chi connectivity index (χ0n) is 15.3.